The van der Waals surface area contributed by atoms with Crippen LogP contribution in [-0.4, -0.2) is 42.0 Å². The third-order valence-electron chi connectivity index (χ3n) is 6.57. The van der Waals surface area contributed by atoms with Gasteiger partial charge >= 0.3 is 0 Å². The largest absolute Gasteiger partial charge is 0.493 e. The molecule has 2 aliphatic rings. The van der Waals surface area contributed by atoms with Crippen molar-refractivity contribution in [2.24, 2.45) is 0 Å². The molecule has 3 heterocycles. The number of carbonyl (C=O) groups excluding carboxylic acids is 2. The van der Waals surface area contributed by atoms with Crippen LogP contribution in [0.2, 0.25) is 0 Å². The van der Waals surface area contributed by atoms with Crippen LogP contribution in [0.15, 0.2) is 53.9 Å². The second kappa shape index (κ2) is 7.69. The molecule has 0 fully saturated rings. The van der Waals surface area contributed by atoms with Crippen molar-refractivity contribution in [1.82, 2.24) is 9.47 Å². The first kappa shape index (κ1) is 21.1. The minimum atomic E-state index is -0.365. The Morgan fingerprint density at radius 3 is 2.55 bits per heavy atom. The topological polar surface area (TPSA) is 72.8 Å². The summed E-state index contributed by atoms with van der Waals surface area (Å²) in [5.74, 6) is 0.323. The normalized spacial score (nSPS) is 17.3. The van der Waals surface area contributed by atoms with E-state index >= 15 is 0 Å². The van der Waals surface area contributed by atoms with Gasteiger partial charge in [0.1, 0.15) is 0 Å². The summed E-state index contributed by atoms with van der Waals surface area (Å²) in [5, 5.41) is 4.59. The van der Waals surface area contributed by atoms with Crippen LogP contribution in [-0.2, 0) is 9.59 Å². The number of rotatable bonds is 4. The summed E-state index contributed by atoms with van der Waals surface area (Å²) in [6.07, 6.45) is 2.14. The number of amides is 2. The Hall–Kier alpha value is -3.74. The fourth-order valence-electron chi connectivity index (χ4n) is 5.04. The smallest absolute Gasteiger partial charge is 0.259 e. The minimum Gasteiger partial charge on any atom is -0.493 e. The molecule has 2 aromatic carbocycles. The number of anilines is 1. The molecule has 0 spiro atoms. The highest BCUT2D eigenvalue weighted by molar-refractivity contribution is 6.11. The SMILES string of the molecule is COc1ccc([C@H]2C3=C(CN(C(C)=O)C3=O)Nc3cccc4c3c2cn4C(C)C)cc1OC. The van der Waals surface area contributed by atoms with Gasteiger partial charge in [0.05, 0.1) is 31.9 Å². The third kappa shape index (κ3) is 3.10. The monoisotopic (exact) mass is 445 g/mol. The first-order chi connectivity index (χ1) is 15.8. The molecule has 0 saturated heterocycles. The Morgan fingerprint density at radius 1 is 1.12 bits per heavy atom. The van der Waals surface area contributed by atoms with E-state index in [4.69, 9.17) is 9.47 Å². The Bertz CT molecular complexity index is 1330. The summed E-state index contributed by atoms with van der Waals surface area (Å²) in [4.78, 5) is 27.1. The molecule has 2 amide bonds. The quantitative estimate of drug-likeness (QED) is 0.643. The molecule has 0 radical (unpaired) electrons. The number of ether oxygens (including phenoxy) is 2. The number of imide groups is 1. The van der Waals surface area contributed by atoms with Crippen molar-refractivity contribution in [3.8, 4) is 11.5 Å². The molecule has 33 heavy (non-hydrogen) atoms. The molecule has 170 valence electrons. The Labute approximate surface area is 192 Å². The molecule has 0 unspecified atom stereocenters. The first-order valence-corrected chi connectivity index (χ1v) is 11.0. The van der Waals surface area contributed by atoms with E-state index in [1.54, 1.807) is 14.2 Å². The van der Waals surface area contributed by atoms with Crippen molar-refractivity contribution >= 4 is 28.4 Å². The van der Waals surface area contributed by atoms with Crippen molar-refractivity contribution in [1.29, 1.82) is 0 Å². The summed E-state index contributed by atoms with van der Waals surface area (Å²) >= 11 is 0. The average molecular weight is 446 g/mol. The van der Waals surface area contributed by atoms with Crippen molar-refractivity contribution in [2.45, 2.75) is 32.7 Å². The van der Waals surface area contributed by atoms with Crippen LogP contribution < -0.4 is 14.8 Å². The number of methoxy groups -OCH3 is 2. The van der Waals surface area contributed by atoms with Gasteiger partial charge in [-0.25, -0.2) is 0 Å². The van der Waals surface area contributed by atoms with Crippen molar-refractivity contribution in [3.63, 3.8) is 0 Å². The van der Waals surface area contributed by atoms with Crippen LogP contribution in [0.1, 0.15) is 43.9 Å². The maximum absolute atomic E-state index is 13.6. The Kier molecular flexibility index (Phi) is 4.92. The molecule has 1 atom stereocenters. The summed E-state index contributed by atoms with van der Waals surface area (Å²) in [6, 6.07) is 12.1. The number of nitrogens with zero attached hydrogens (tertiary/aromatic N) is 2. The van der Waals surface area contributed by atoms with Crippen LogP contribution >= 0.6 is 0 Å². The predicted molar refractivity (Wildman–Crippen MR) is 127 cm³/mol. The predicted octanol–water partition coefficient (Wildman–Crippen LogP) is 4.44. The van der Waals surface area contributed by atoms with Crippen LogP contribution in [0.3, 0.4) is 0 Å². The third-order valence-corrected chi connectivity index (χ3v) is 6.57. The second-order valence-electron chi connectivity index (χ2n) is 8.76. The highest BCUT2D eigenvalue weighted by atomic mass is 16.5. The van der Waals surface area contributed by atoms with E-state index in [1.807, 2.05) is 30.3 Å². The molecule has 2 aliphatic heterocycles. The first-order valence-electron chi connectivity index (χ1n) is 11.0. The van der Waals surface area contributed by atoms with Gasteiger partial charge in [-0.15, -0.1) is 0 Å². The Balaban J connectivity index is 1.82. The van der Waals surface area contributed by atoms with E-state index in [-0.39, 0.29) is 30.3 Å². The summed E-state index contributed by atoms with van der Waals surface area (Å²) in [6.45, 7) is 5.95. The maximum atomic E-state index is 13.6. The van der Waals surface area contributed by atoms with Gasteiger partial charge in [-0.2, -0.15) is 0 Å². The van der Waals surface area contributed by atoms with Gasteiger partial charge in [0.25, 0.3) is 5.91 Å². The van der Waals surface area contributed by atoms with Crippen LogP contribution in [0, 0.1) is 0 Å². The second-order valence-corrected chi connectivity index (χ2v) is 8.76. The number of hydrogen-bond acceptors (Lipinski definition) is 5. The van der Waals surface area contributed by atoms with E-state index in [0.717, 1.165) is 33.4 Å². The van der Waals surface area contributed by atoms with Crippen molar-refractivity contribution in [3.05, 3.63) is 65.0 Å². The average Bonchev–Trinajstić information content (AvgIpc) is 3.29. The lowest BCUT2D eigenvalue weighted by atomic mass is 9.84. The van der Waals surface area contributed by atoms with Gasteiger partial charge in [-0.3, -0.25) is 14.5 Å². The summed E-state index contributed by atoms with van der Waals surface area (Å²) in [7, 11) is 3.20. The summed E-state index contributed by atoms with van der Waals surface area (Å²) in [5.41, 5.74) is 5.33. The van der Waals surface area contributed by atoms with Gasteiger partial charge in [0.2, 0.25) is 5.91 Å². The molecule has 1 aromatic heterocycles. The minimum absolute atomic E-state index is 0.234. The zero-order valence-electron chi connectivity index (χ0n) is 19.4. The van der Waals surface area contributed by atoms with E-state index in [1.165, 1.54) is 11.8 Å². The summed E-state index contributed by atoms with van der Waals surface area (Å²) < 4.78 is 13.2. The zero-order chi connectivity index (χ0) is 23.4. The molecular weight excluding hydrogens is 418 g/mol. The molecule has 0 aliphatic carbocycles. The number of aromatic nitrogens is 1. The zero-order valence-corrected chi connectivity index (χ0v) is 19.4. The maximum Gasteiger partial charge on any atom is 0.259 e. The van der Waals surface area contributed by atoms with Gasteiger partial charge in [-0.1, -0.05) is 12.1 Å². The molecule has 1 N–H and O–H groups in total. The van der Waals surface area contributed by atoms with Crippen molar-refractivity contribution in [2.75, 3.05) is 26.1 Å². The molecule has 0 saturated carbocycles. The number of benzene rings is 2. The Morgan fingerprint density at radius 2 is 1.88 bits per heavy atom. The van der Waals surface area contributed by atoms with Crippen LogP contribution in [0.5, 0.6) is 11.5 Å². The molecule has 7 nitrogen and oxygen atoms in total. The lowest BCUT2D eigenvalue weighted by Crippen LogP contribution is -2.33. The van der Waals surface area contributed by atoms with Gasteiger partial charge < -0.3 is 19.4 Å². The van der Waals surface area contributed by atoms with Gasteiger partial charge in [0.15, 0.2) is 11.5 Å². The fourth-order valence-corrected chi connectivity index (χ4v) is 5.04. The van der Waals surface area contributed by atoms with E-state index in [0.29, 0.717) is 17.1 Å². The lowest BCUT2D eigenvalue weighted by molar-refractivity contribution is -0.139. The standard InChI is InChI=1S/C26H27N3O4/c1-14(2)28-12-17-23(16-9-10-21(32-4)22(11-16)33-5)25-19(13-29(15(3)30)26(25)31)27-18-7-6-8-20(28)24(17)18/h6-12,14,23,27H,13H2,1-5H3/t23-/m1/s1. The molecule has 3 aromatic rings. The highest BCUT2D eigenvalue weighted by Gasteiger charge is 2.42. The number of hydrogen-bond donors (Lipinski definition) is 1. The molecule has 7 heteroatoms. The van der Waals surface area contributed by atoms with Crippen LogP contribution in [0.4, 0.5) is 5.69 Å². The molecule has 5 rings (SSSR count). The van der Waals surface area contributed by atoms with Gasteiger partial charge in [-0.05, 0) is 49.2 Å². The number of carbonyl (C=O) groups is 2. The fraction of sp³-hybridized carbons (Fsp3) is 0.308. The van der Waals surface area contributed by atoms with Crippen LogP contribution in [0.25, 0.3) is 10.9 Å². The molecular formula is C26H27N3O4. The van der Waals surface area contributed by atoms with E-state index in [2.05, 4.69) is 36.0 Å². The highest BCUT2D eigenvalue weighted by Crippen LogP contribution is 2.48. The van der Waals surface area contributed by atoms with E-state index < -0.39 is 0 Å². The van der Waals surface area contributed by atoms with Crippen molar-refractivity contribution < 1.29 is 19.1 Å². The van der Waals surface area contributed by atoms with Gasteiger partial charge in [0, 0.05) is 41.9 Å². The van der Waals surface area contributed by atoms with E-state index in [9.17, 15) is 9.59 Å². The lowest BCUT2D eigenvalue weighted by Gasteiger charge is -2.20. The number of nitrogens with one attached hydrogen (secondary N) is 1. The molecule has 0 bridgehead atoms.